The molecule has 0 radical (unpaired) electrons. The number of likely N-dealkylation sites (N-methyl/N-ethyl adjacent to an activating group) is 1. The molecule has 33 heavy (non-hydrogen) atoms. The van der Waals surface area contributed by atoms with Gasteiger partial charge in [0.05, 0.1) is 17.1 Å². The number of piperidine rings is 1. The highest BCUT2D eigenvalue weighted by molar-refractivity contribution is 7.89. The van der Waals surface area contributed by atoms with Gasteiger partial charge < -0.3 is 15.0 Å². The van der Waals surface area contributed by atoms with Crippen molar-refractivity contribution in [3.8, 4) is 0 Å². The molecule has 0 aliphatic carbocycles. The van der Waals surface area contributed by atoms with Crippen molar-refractivity contribution in [1.29, 1.82) is 0 Å². The number of rotatable bonds is 6. The molecule has 1 aromatic carbocycles. The van der Waals surface area contributed by atoms with Crippen molar-refractivity contribution >= 4 is 38.2 Å². The monoisotopic (exact) mass is 491 g/mol. The average molecular weight is 492 g/mol. The molecule has 0 saturated carbocycles. The topological polar surface area (TPSA) is 96.0 Å². The van der Waals surface area contributed by atoms with Crippen LogP contribution >= 0.6 is 11.3 Å². The lowest BCUT2D eigenvalue weighted by Gasteiger charge is -2.25. The maximum Gasteiger partial charge on any atom is 0.341 e. The molecule has 0 unspecified atom stereocenters. The van der Waals surface area contributed by atoms with Crippen LogP contribution in [0.25, 0.3) is 0 Å². The van der Waals surface area contributed by atoms with Gasteiger partial charge in [0.1, 0.15) is 5.00 Å². The van der Waals surface area contributed by atoms with Gasteiger partial charge in [-0.05, 0) is 63.1 Å². The molecule has 3 heterocycles. The van der Waals surface area contributed by atoms with E-state index in [-0.39, 0.29) is 11.5 Å². The summed E-state index contributed by atoms with van der Waals surface area (Å²) >= 11 is 1.39. The van der Waals surface area contributed by atoms with Gasteiger partial charge in [-0.25, -0.2) is 13.2 Å². The number of fused-ring (bicyclic) bond motifs is 1. The summed E-state index contributed by atoms with van der Waals surface area (Å²) < 4.78 is 32.5. The number of anilines is 1. The van der Waals surface area contributed by atoms with Crippen LogP contribution in [0.15, 0.2) is 29.2 Å². The Morgan fingerprint density at radius 1 is 1.09 bits per heavy atom. The van der Waals surface area contributed by atoms with Crippen LogP contribution in [-0.2, 0) is 27.7 Å². The second kappa shape index (κ2) is 9.92. The third-order valence-electron chi connectivity index (χ3n) is 6.02. The fourth-order valence-electron chi connectivity index (χ4n) is 4.25. The Bertz CT molecular complexity index is 1140. The quantitative estimate of drug-likeness (QED) is 0.623. The van der Waals surface area contributed by atoms with Gasteiger partial charge >= 0.3 is 5.97 Å². The fraction of sp³-hybridized carbons (Fsp3) is 0.478. The molecule has 2 aliphatic rings. The molecule has 178 valence electrons. The molecular formula is C23H29N3O5S2. The normalized spacial score (nSPS) is 17.4. The van der Waals surface area contributed by atoms with Crippen molar-refractivity contribution in [2.24, 2.45) is 0 Å². The Labute approximate surface area is 198 Å². The first kappa shape index (κ1) is 23.9. The highest BCUT2D eigenvalue weighted by atomic mass is 32.2. The molecular weight excluding hydrogens is 462 g/mol. The summed E-state index contributed by atoms with van der Waals surface area (Å²) in [5, 5.41) is 3.34. The number of sulfonamides is 1. The van der Waals surface area contributed by atoms with Gasteiger partial charge in [-0.3, -0.25) is 4.79 Å². The Hall–Kier alpha value is -2.27. The summed E-state index contributed by atoms with van der Waals surface area (Å²) in [6.45, 7) is 4.60. The van der Waals surface area contributed by atoms with E-state index in [0.717, 1.165) is 42.7 Å². The first-order valence-corrected chi connectivity index (χ1v) is 13.5. The number of ether oxygens (including phenoxy) is 1. The van der Waals surface area contributed by atoms with Gasteiger partial charge in [0.25, 0.3) is 5.91 Å². The number of benzene rings is 1. The minimum Gasteiger partial charge on any atom is -0.462 e. The number of esters is 1. The van der Waals surface area contributed by atoms with Crippen molar-refractivity contribution in [1.82, 2.24) is 9.21 Å². The van der Waals surface area contributed by atoms with Crippen LogP contribution in [0.4, 0.5) is 5.00 Å². The van der Waals surface area contributed by atoms with E-state index < -0.39 is 21.9 Å². The van der Waals surface area contributed by atoms with Gasteiger partial charge in [0.15, 0.2) is 0 Å². The smallest absolute Gasteiger partial charge is 0.341 e. The fourth-order valence-corrected chi connectivity index (χ4v) is 7.07. The molecule has 8 nitrogen and oxygen atoms in total. The van der Waals surface area contributed by atoms with Crippen molar-refractivity contribution in [2.45, 2.75) is 44.0 Å². The van der Waals surface area contributed by atoms with E-state index in [4.69, 9.17) is 4.74 Å². The molecule has 1 amide bonds. The van der Waals surface area contributed by atoms with Gasteiger partial charge in [-0.2, -0.15) is 4.31 Å². The molecule has 1 fully saturated rings. The zero-order chi connectivity index (χ0) is 23.6. The van der Waals surface area contributed by atoms with Crippen LogP contribution in [0, 0.1) is 0 Å². The van der Waals surface area contributed by atoms with Gasteiger partial charge in [-0.1, -0.05) is 6.42 Å². The number of hydrogen-bond donors (Lipinski definition) is 1. The highest BCUT2D eigenvalue weighted by Crippen LogP contribution is 2.37. The van der Waals surface area contributed by atoms with Crippen LogP contribution in [-0.4, -0.2) is 62.8 Å². The Morgan fingerprint density at radius 2 is 1.79 bits per heavy atom. The molecule has 0 atom stereocenters. The van der Waals surface area contributed by atoms with Gasteiger partial charge in [0.2, 0.25) is 10.0 Å². The van der Waals surface area contributed by atoms with Crippen LogP contribution in [0.5, 0.6) is 0 Å². The Balaban J connectivity index is 1.55. The van der Waals surface area contributed by atoms with E-state index >= 15 is 0 Å². The molecule has 2 aliphatic heterocycles. The second-order valence-corrected chi connectivity index (χ2v) is 11.4. The lowest BCUT2D eigenvalue weighted by atomic mass is 10.0. The zero-order valence-electron chi connectivity index (χ0n) is 18.9. The van der Waals surface area contributed by atoms with Crippen LogP contribution in [0.3, 0.4) is 0 Å². The molecule has 10 heteroatoms. The van der Waals surface area contributed by atoms with E-state index in [1.807, 2.05) is 7.05 Å². The average Bonchev–Trinajstić information content (AvgIpc) is 3.16. The lowest BCUT2D eigenvalue weighted by Crippen LogP contribution is -2.35. The van der Waals surface area contributed by atoms with E-state index in [2.05, 4.69) is 10.2 Å². The van der Waals surface area contributed by atoms with Crippen molar-refractivity contribution in [3.05, 3.63) is 45.8 Å². The van der Waals surface area contributed by atoms with E-state index in [1.54, 1.807) is 6.92 Å². The number of carbonyl (C=O) groups is 2. The van der Waals surface area contributed by atoms with E-state index in [9.17, 15) is 18.0 Å². The van der Waals surface area contributed by atoms with Gasteiger partial charge in [-0.15, -0.1) is 11.3 Å². The predicted molar refractivity (Wildman–Crippen MR) is 127 cm³/mol. The molecule has 2 aromatic rings. The molecule has 0 bridgehead atoms. The van der Waals surface area contributed by atoms with Crippen LogP contribution < -0.4 is 5.32 Å². The SMILES string of the molecule is CCOC(=O)c1c(NC(=O)c2ccc(S(=O)(=O)N3CCCCC3)cc2)sc2c1CCN(C)C2. The minimum absolute atomic E-state index is 0.183. The highest BCUT2D eigenvalue weighted by Gasteiger charge is 2.29. The number of thiophene rings is 1. The maximum atomic E-state index is 13.0. The first-order chi connectivity index (χ1) is 15.8. The van der Waals surface area contributed by atoms with Crippen molar-refractivity contribution in [2.75, 3.05) is 38.6 Å². The number of nitrogens with zero attached hydrogens (tertiary/aromatic N) is 2. The predicted octanol–water partition coefficient (Wildman–Crippen LogP) is 3.34. The van der Waals surface area contributed by atoms with Gasteiger partial charge in [0, 0.05) is 36.6 Å². The number of nitrogens with one attached hydrogen (secondary N) is 1. The summed E-state index contributed by atoms with van der Waals surface area (Å²) in [6.07, 6.45) is 3.49. The lowest BCUT2D eigenvalue weighted by molar-refractivity contribution is 0.0526. The molecule has 1 saturated heterocycles. The number of amides is 1. The summed E-state index contributed by atoms with van der Waals surface area (Å²) in [5.74, 6) is -0.827. The Morgan fingerprint density at radius 3 is 2.45 bits per heavy atom. The molecule has 1 aromatic heterocycles. The summed E-state index contributed by atoms with van der Waals surface area (Å²) in [4.78, 5) is 29.0. The molecule has 1 N–H and O–H groups in total. The third kappa shape index (κ3) is 4.98. The summed E-state index contributed by atoms with van der Waals surface area (Å²) in [5.41, 5.74) is 1.70. The summed E-state index contributed by atoms with van der Waals surface area (Å²) in [6, 6.07) is 5.97. The molecule has 4 rings (SSSR count). The van der Waals surface area contributed by atoms with Crippen molar-refractivity contribution in [3.63, 3.8) is 0 Å². The van der Waals surface area contributed by atoms with Crippen LogP contribution in [0.2, 0.25) is 0 Å². The van der Waals surface area contributed by atoms with Crippen LogP contribution in [0.1, 0.15) is 57.3 Å². The molecule has 0 spiro atoms. The number of carbonyl (C=O) groups excluding carboxylic acids is 2. The third-order valence-corrected chi connectivity index (χ3v) is 9.07. The summed E-state index contributed by atoms with van der Waals surface area (Å²) in [7, 11) is -1.54. The van der Waals surface area contributed by atoms with E-state index in [0.29, 0.717) is 35.8 Å². The zero-order valence-corrected chi connectivity index (χ0v) is 20.6. The maximum absolute atomic E-state index is 13.0. The Kier molecular flexibility index (Phi) is 7.18. The first-order valence-electron chi connectivity index (χ1n) is 11.2. The standard InChI is InChI=1S/C23H29N3O5S2/c1-3-31-23(28)20-18-11-14-25(2)15-19(18)32-22(20)24-21(27)16-7-9-17(10-8-16)33(29,30)26-12-5-4-6-13-26/h7-10H,3-6,11-15H2,1-2H3,(H,24,27). The largest absolute Gasteiger partial charge is 0.462 e. The minimum atomic E-state index is -3.56. The van der Waals surface area contributed by atoms with E-state index in [1.165, 1.54) is 39.9 Å². The number of hydrogen-bond acceptors (Lipinski definition) is 7. The van der Waals surface area contributed by atoms with Crippen molar-refractivity contribution < 1.29 is 22.7 Å². The second-order valence-electron chi connectivity index (χ2n) is 8.36.